The van der Waals surface area contributed by atoms with Crippen molar-refractivity contribution in [2.75, 3.05) is 39.7 Å². The van der Waals surface area contributed by atoms with E-state index >= 15 is 0 Å². The Morgan fingerprint density at radius 1 is 1.07 bits per heavy atom. The molecule has 7 nitrogen and oxygen atoms in total. The molecule has 4 rings (SSSR count). The van der Waals surface area contributed by atoms with Crippen molar-refractivity contribution in [2.24, 2.45) is 0 Å². The van der Waals surface area contributed by atoms with Gasteiger partial charge in [0.15, 0.2) is 11.5 Å². The number of ether oxygens (including phenoxy) is 3. The number of nitrogens with one attached hydrogen (secondary N) is 1. The van der Waals surface area contributed by atoms with Crippen LogP contribution in [0.4, 0.5) is 11.5 Å². The number of hydrogen-bond donors (Lipinski definition) is 1. The molecule has 1 aliphatic rings. The van der Waals surface area contributed by atoms with Gasteiger partial charge in [-0.2, -0.15) is 0 Å². The Morgan fingerprint density at radius 2 is 1.87 bits per heavy atom. The van der Waals surface area contributed by atoms with Gasteiger partial charge in [-0.05, 0) is 44.2 Å². The molecule has 1 saturated heterocycles. The number of piperidine rings is 1. The van der Waals surface area contributed by atoms with E-state index in [0.717, 1.165) is 36.8 Å². The summed E-state index contributed by atoms with van der Waals surface area (Å²) in [7, 11) is 5.38. The summed E-state index contributed by atoms with van der Waals surface area (Å²) in [4.78, 5) is 11.2. The van der Waals surface area contributed by atoms with Crippen LogP contribution in [0.5, 0.6) is 17.2 Å². The van der Waals surface area contributed by atoms with Crippen LogP contribution in [0, 0.1) is 0 Å². The molecule has 1 aliphatic heterocycles. The molecular formula is C22H25ClN4O3. The summed E-state index contributed by atoms with van der Waals surface area (Å²) < 4.78 is 17.4. The highest BCUT2D eigenvalue weighted by Crippen LogP contribution is 2.41. The van der Waals surface area contributed by atoms with Gasteiger partial charge in [-0.1, -0.05) is 11.6 Å². The largest absolute Gasteiger partial charge is 0.497 e. The molecule has 1 fully saturated rings. The van der Waals surface area contributed by atoms with E-state index in [4.69, 9.17) is 25.8 Å². The number of aromatic nitrogens is 2. The number of halogens is 1. The minimum Gasteiger partial charge on any atom is -0.497 e. The van der Waals surface area contributed by atoms with Crippen molar-refractivity contribution >= 4 is 34.0 Å². The predicted octanol–water partition coefficient (Wildman–Crippen LogP) is 4.52. The molecule has 0 amide bonds. The standard InChI is InChI=1S/C22H25ClN4O3/c1-27-10-8-14(9-11-27)30-21-19(29-3)7-6-17-20(21)22(25-13-24-17)26-18-12-15(28-2)4-5-16(18)23/h4-7,12-14H,8-11H2,1-3H3,(H,24,25,26). The lowest BCUT2D eigenvalue weighted by Gasteiger charge is -2.30. The lowest BCUT2D eigenvalue weighted by molar-refractivity contribution is 0.112. The van der Waals surface area contributed by atoms with E-state index in [2.05, 4.69) is 27.2 Å². The van der Waals surface area contributed by atoms with Crippen molar-refractivity contribution in [1.29, 1.82) is 0 Å². The number of hydrogen-bond acceptors (Lipinski definition) is 7. The molecule has 158 valence electrons. The van der Waals surface area contributed by atoms with Crippen LogP contribution in [0.2, 0.25) is 5.02 Å². The maximum atomic E-state index is 6.46. The molecule has 8 heteroatoms. The highest BCUT2D eigenvalue weighted by atomic mass is 35.5. The van der Waals surface area contributed by atoms with Gasteiger partial charge in [0.1, 0.15) is 24.0 Å². The lowest BCUT2D eigenvalue weighted by atomic mass is 10.1. The van der Waals surface area contributed by atoms with E-state index in [9.17, 15) is 0 Å². The number of likely N-dealkylation sites (tertiary alicyclic amines) is 1. The van der Waals surface area contributed by atoms with Crippen LogP contribution < -0.4 is 19.5 Å². The minimum atomic E-state index is 0.106. The SMILES string of the molecule is COc1ccc(Cl)c(Nc2ncnc3ccc(OC)c(OC4CCN(C)CC4)c23)c1. The van der Waals surface area contributed by atoms with E-state index < -0.39 is 0 Å². The van der Waals surface area contributed by atoms with E-state index in [0.29, 0.717) is 33.8 Å². The Labute approximate surface area is 180 Å². The van der Waals surface area contributed by atoms with Gasteiger partial charge >= 0.3 is 0 Å². The average Bonchev–Trinajstić information content (AvgIpc) is 2.77. The molecule has 30 heavy (non-hydrogen) atoms. The molecule has 1 aromatic heterocycles. The topological polar surface area (TPSA) is 68.7 Å². The second kappa shape index (κ2) is 8.93. The first-order chi connectivity index (χ1) is 14.6. The van der Waals surface area contributed by atoms with E-state index in [-0.39, 0.29) is 6.10 Å². The zero-order valence-corrected chi connectivity index (χ0v) is 18.1. The zero-order chi connectivity index (χ0) is 21.1. The van der Waals surface area contributed by atoms with Crippen molar-refractivity contribution in [3.8, 4) is 17.2 Å². The molecule has 0 saturated carbocycles. The van der Waals surface area contributed by atoms with Crippen molar-refractivity contribution in [2.45, 2.75) is 18.9 Å². The number of nitrogens with zero attached hydrogens (tertiary/aromatic N) is 3. The third-order valence-electron chi connectivity index (χ3n) is 5.32. The highest BCUT2D eigenvalue weighted by molar-refractivity contribution is 6.33. The van der Waals surface area contributed by atoms with Gasteiger partial charge in [-0.3, -0.25) is 0 Å². The van der Waals surface area contributed by atoms with Gasteiger partial charge in [0.25, 0.3) is 0 Å². The first-order valence-electron chi connectivity index (χ1n) is 9.86. The number of anilines is 2. The van der Waals surface area contributed by atoms with Gasteiger partial charge in [-0.25, -0.2) is 9.97 Å². The molecule has 2 aromatic carbocycles. The van der Waals surface area contributed by atoms with E-state index in [1.165, 1.54) is 6.33 Å². The fraction of sp³-hybridized carbons (Fsp3) is 0.364. The molecule has 0 aliphatic carbocycles. The Kier molecular flexibility index (Phi) is 6.11. The summed E-state index contributed by atoms with van der Waals surface area (Å²) in [6, 6.07) is 9.19. The molecule has 0 radical (unpaired) electrons. The summed E-state index contributed by atoms with van der Waals surface area (Å²) in [5.41, 5.74) is 1.44. The van der Waals surface area contributed by atoms with Gasteiger partial charge in [0.05, 0.1) is 35.8 Å². The maximum absolute atomic E-state index is 6.46. The van der Waals surface area contributed by atoms with E-state index in [1.54, 1.807) is 20.3 Å². The van der Waals surface area contributed by atoms with Crippen molar-refractivity contribution < 1.29 is 14.2 Å². The van der Waals surface area contributed by atoms with Gasteiger partial charge < -0.3 is 24.4 Å². The maximum Gasteiger partial charge on any atom is 0.174 e. The highest BCUT2D eigenvalue weighted by Gasteiger charge is 2.23. The molecule has 0 spiro atoms. The number of rotatable bonds is 6. The fourth-order valence-electron chi connectivity index (χ4n) is 3.60. The minimum absolute atomic E-state index is 0.106. The summed E-state index contributed by atoms with van der Waals surface area (Å²) in [6.45, 7) is 2.00. The fourth-order valence-corrected chi connectivity index (χ4v) is 3.76. The average molecular weight is 429 g/mol. The van der Waals surface area contributed by atoms with E-state index in [1.807, 2.05) is 24.3 Å². The Hall–Kier alpha value is -2.77. The molecule has 2 heterocycles. The second-order valence-corrected chi connectivity index (χ2v) is 7.71. The molecule has 3 aromatic rings. The van der Waals surface area contributed by atoms with Gasteiger partial charge in [0.2, 0.25) is 0 Å². The molecular weight excluding hydrogens is 404 g/mol. The number of methoxy groups -OCH3 is 2. The Bertz CT molecular complexity index is 1040. The van der Waals surface area contributed by atoms with Gasteiger partial charge in [-0.15, -0.1) is 0 Å². The summed E-state index contributed by atoms with van der Waals surface area (Å²) in [5, 5.41) is 4.64. The van der Waals surface area contributed by atoms with Crippen LogP contribution in [0.3, 0.4) is 0 Å². The first-order valence-corrected chi connectivity index (χ1v) is 10.2. The second-order valence-electron chi connectivity index (χ2n) is 7.30. The Morgan fingerprint density at radius 3 is 2.60 bits per heavy atom. The summed E-state index contributed by atoms with van der Waals surface area (Å²) in [5.74, 6) is 2.58. The first kappa shape index (κ1) is 20.5. The van der Waals surface area contributed by atoms with Crippen LogP contribution in [0.15, 0.2) is 36.7 Å². The smallest absolute Gasteiger partial charge is 0.174 e. The molecule has 1 N–H and O–H groups in total. The zero-order valence-electron chi connectivity index (χ0n) is 17.3. The normalized spacial score (nSPS) is 15.2. The van der Waals surface area contributed by atoms with Crippen molar-refractivity contribution in [3.05, 3.63) is 41.7 Å². The Balaban J connectivity index is 1.77. The predicted molar refractivity (Wildman–Crippen MR) is 119 cm³/mol. The third kappa shape index (κ3) is 4.22. The number of benzene rings is 2. The quantitative estimate of drug-likeness (QED) is 0.619. The van der Waals surface area contributed by atoms with Gasteiger partial charge in [0, 0.05) is 19.2 Å². The van der Waals surface area contributed by atoms with Crippen LogP contribution in [-0.2, 0) is 0 Å². The molecule has 0 bridgehead atoms. The van der Waals surface area contributed by atoms with Crippen LogP contribution in [0.25, 0.3) is 10.9 Å². The molecule has 0 atom stereocenters. The summed E-state index contributed by atoms with van der Waals surface area (Å²) in [6.07, 6.45) is 3.53. The molecule has 0 unspecified atom stereocenters. The van der Waals surface area contributed by atoms with Crippen LogP contribution >= 0.6 is 11.6 Å². The number of fused-ring (bicyclic) bond motifs is 1. The van der Waals surface area contributed by atoms with Crippen molar-refractivity contribution in [3.63, 3.8) is 0 Å². The summed E-state index contributed by atoms with van der Waals surface area (Å²) >= 11 is 6.40. The lowest BCUT2D eigenvalue weighted by Crippen LogP contribution is -2.35. The van der Waals surface area contributed by atoms with Crippen molar-refractivity contribution in [1.82, 2.24) is 14.9 Å². The van der Waals surface area contributed by atoms with Crippen LogP contribution in [-0.4, -0.2) is 55.3 Å². The third-order valence-corrected chi connectivity index (χ3v) is 5.65. The monoisotopic (exact) mass is 428 g/mol. The van der Waals surface area contributed by atoms with Crippen LogP contribution in [0.1, 0.15) is 12.8 Å².